The van der Waals surface area contributed by atoms with Gasteiger partial charge in [0, 0.05) is 26.2 Å². The molecular weight excluding hydrogens is 296 g/mol. The van der Waals surface area contributed by atoms with Crippen molar-refractivity contribution in [1.82, 2.24) is 15.0 Å². The van der Waals surface area contributed by atoms with Crippen LogP contribution in [0.1, 0.15) is 13.8 Å². The Bertz CT molecular complexity index is 598. The van der Waals surface area contributed by atoms with Crippen LogP contribution in [0.2, 0.25) is 0 Å². The Labute approximate surface area is 135 Å². The van der Waals surface area contributed by atoms with Crippen LogP contribution in [0.5, 0.6) is 0 Å². The summed E-state index contributed by atoms with van der Waals surface area (Å²) in [5.41, 5.74) is 0. The molecule has 0 saturated carbocycles. The molecule has 0 bridgehead atoms. The first-order valence-corrected chi connectivity index (χ1v) is 7.61. The summed E-state index contributed by atoms with van der Waals surface area (Å²) < 4.78 is 5.35. The Morgan fingerprint density at radius 3 is 2.30 bits per heavy atom. The summed E-state index contributed by atoms with van der Waals surface area (Å²) in [6.45, 7) is 8.01. The van der Waals surface area contributed by atoms with Gasteiger partial charge in [0.15, 0.2) is 6.19 Å². The maximum Gasteiger partial charge on any atom is 0.246 e. The van der Waals surface area contributed by atoms with Crippen molar-refractivity contribution in [2.75, 3.05) is 60.6 Å². The van der Waals surface area contributed by atoms with Crippen molar-refractivity contribution in [1.29, 1.82) is 10.5 Å². The first-order chi connectivity index (χ1) is 11.2. The molecule has 1 aromatic heterocycles. The molecule has 1 fully saturated rings. The summed E-state index contributed by atoms with van der Waals surface area (Å²) in [6, 6.07) is 1.95. The zero-order valence-corrected chi connectivity index (χ0v) is 13.4. The third-order valence-corrected chi connectivity index (χ3v) is 3.53. The summed E-state index contributed by atoms with van der Waals surface area (Å²) in [5, 5.41) is 18.1. The lowest BCUT2D eigenvalue weighted by molar-refractivity contribution is 0.122. The van der Waals surface area contributed by atoms with Crippen molar-refractivity contribution >= 4 is 17.8 Å². The minimum absolute atomic E-state index is 0.0965. The Morgan fingerprint density at radius 2 is 1.74 bits per heavy atom. The average molecular weight is 316 g/mol. The molecule has 2 heterocycles. The molecule has 0 amide bonds. The summed E-state index contributed by atoms with van der Waals surface area (Å²) in [6.07, 6.45) is 1.95. The highest BCUT2D eigenvalue weighted by Gasteiger charge is 2.20. The lowest BCUT2D eigenvalue weighted by atomic mass is 10.4. The summed E-state index contributed by atoms with van der Waals surface area (Å²) in [7, 11) is 0. The number of aromatic nitrogens is 3. The van der Waals surface area contributed by atoms with Crippen LogP contribution < -0.4 is 14.7 Å². The summed E-state index contributed by atoms with van der Waals surface area (Å²) in [4.78, 5) is 18.4. The van der Waals surface area contributed by atoms with E-state index in [1.807, 2.05) is 35.9 Å². The third-order valence-electron chi connectivity index (χ3n) is 3.53. The van der Waals surface area contributed by atoms with Gasteiger partial charge in [0.05, 0.1) is 19.3 Å². The van der Waals surface area contributed by atoms with E-state index in [-0.39, 0.29) is 12.5 Å². The standard InChI is InChI=1S/C14H20N8O/c1-3-20(4-2)12-17-13(21-7-9-23-10-8-21)19-14(18-12)22(11-16)6-5-15/h3-4,6-10H2,1-2H3. The van der Waals surface area contributed by atoms with Gasteiger partial charge in [0.1, 0.15) is 6.54 Å². The largest absolute Gasteiger partial charge is 0.378 e. The van der Waals surface area contributed by atoms with E-state index in [1.54, 1.807) is 0 Å². The van der Waals surface area contributed by atoms with Crippen LogP contribution in [0.15, 0.2) is 0 Å². The predicted molar refractivity (Wildman–Crippen MR) is 85.0 cm³/mol. The van der Waals surface area contributed by atoms with Gasteiger partial charge < -0.3 is 14.5 Å². The van der Waals surface area contributed by atoms with Crippen LogP contribution >= 0.6 is 0 Å². The molecule has 0 aromatic carbocycles. The number of hydrogen-bond acceptors (Lipinski definition) is 9. The Kier molecular flexibility index (Phi) is 5.89. The zero-order chi connectivity index (χ0) is 16.7. The molecule has 0 N–H and O–H groups in total. The number of rotatable bonds is 6. The van der Waals surface area contributed by atoms with E-state index >= 15 is 0 Å². The lowest BCUT2D eigenvalue weighted by Crippen LogP contribution is -2.38. The second-order valence-electron chi connectivity index (χ2n) is 4.85. The molecule has 2 rings (SSSR count). The van der Waals surface area contributed by atoms with Crippen LogP contribution in [0, 0.1) is 22.8 Å². The van der Waals surface area contributed by atoms with Gasteiger partial charge in [0.2, 0.25) is 17.8 Å². The van der Waals surface area contributed by atoms with E-state index in [1.165, 1.54) is 4.90 Å². The SMILES string of the molecule is CCN(CC)c1nc(N(C#N)CC#N)nc(N2CCOCC2)n1. The first-order valence-electron chi connectivity index (χ1n) is 7.61. The number of nitrogens with zero attached hydrogens (tertiary/aromatic N) is 8. The van der Waals surface area contributed by atoms with Gasteiger partial charge in [-0.15, -0.1) is 0 Å². The average Bonchev–Trinajstić information content (AvgIpc) is 2.61. The number of hydrogen-bond donors (Lipinski definition) is 0. The molecule has 0 atom stereocenters. The number of ether oxygens (including phenoxy) is 1. The van der Waals surface area contributed by atoms with Crippen molar-refractivity contribution in [2.24, 2.45) is 0 Å². The first kappa shape index (κ1) is 16.7. The van der Waals surface area contributed by atoms with Crippen LogP contribution in [-0.4, -0.2) is 60.9 Å². The fourth-order valence-electron chi connectivity index (χ4n) is 2.24. The van der Waals surface area contributed by atoms with E-state index in [2.05, 4.69) is 15.0 Å². The van der Waals surface area contributed by atoms with Gasteiger partial charge in [-0.3, -0.25) is 0 Å². The highest BCUT2D eigenvalue weighted by atomic mass is 16.5. The minimum atomic E-state index is -0.0965. The molecule has 9 nitrogen and oxygen atoms in total. The van der Waals surface area contributed by atoms with Crippen molar-refractivity contribution in [3.63, 3.8) is 0 Å². The molecule has 0 unspecified atom stereocenters. The van der Waals surface area contributed by atoms with E-state index in [0.717, 1.165) is 13.1 Å². The molecule has 122 valence electrons. The number of morpholine rings is 1. The van der Waals surface area contributed by atoms with Crippen molar-refractivity contribution in [3.8, 4) is 12.3 Å². The Balaban J connectivity index is 2.42. The molecule has 23 heavy (non-hydrogen) atoms. The molecule has 1 aliphatic heterocycles. The molecule has 0 radical (unpaired) electrons. The number of anilines is 3. The van der Waals surface area contributed by atoms with E-state index in [0.29, 0.717) is 38.2 Å². The maximum atomic E-state index is 9.23. The van der Waals surface area contributed by atoms with E-state index < -0.39 is 0 Å². The van der Waals surface area contributed by atoms with Gasteiger partial charge in [-0.25, -0.2) is 4.90 Å². The van der Waals surface area contributed by atoms with Crippen molar-refractivity contribution in [3.05, 3.63) is 0 Å². The van der Waals surface area contributed by atoms with Gasteiger partial charge in [-0.1, -0.05) is 0 Å². The zero-order valence-electron chi connectivity index (χ0n) is 13.4. The summed E-state index contributed by atoms with van der Waals surface area (Å²) >= 11 is 0. The third kappa shape index (κ3) is 3.96. The smallest absolute Gasteiger partial charge is 0.246 e. The molecule has 9 heteroatoms. The number of nitriles is 2. The second kappa shape index (κ2) is 8.11. The van der Waals surface area contributed by atoms with Gasteiger partial charge in [-0.05, 0) is 13.8 Å². The van der Waals surface area contributed by atoms with Crippen LogP contribution in [0.4, 0.5) is 17.8 Å². The maximum absolute atomic E-state index is 9.23. The Hall–Kier alpha value is -2.65. The van der Waals surface area contributed by atoms with Crippen LogP contribution in [0.3, 0.4) is 0 Å². The fourth-order valence-corrected chi connectivity index (χ4v) is 2.24. The molecule has 1 aliphatic rings. The summed E-state index contributed by atoms with van der Waals surface area (Å²) in [5.74, 6) is 1.23. The van der Waals surface area contributed by atoms with E-state index in [9.17, 15) is 5.26 Å². The monoisotopic (exact) mass is 316 g/mol. The van der Waals surface area contributed by atoms with Gasteiger partial charge in [-0.2, -0.15) is 25.5 Å². The second-order valence-corrected chi connectivity index (χ2v) is 4.85. The van der Waals surface area contributed by atoms with Gasteiger partial charge in [0.25, 0.3) is 0 Å². The molecule has 0 aliphatic carbocycles. The van der Waals surface area contributed by atoms with Crippen LogP contribution in [0.25, 0.3) is 0 Å². The molecular formula is C14H20N8O. The van der Waals surface area contributed by atoms with Crippen molar-refractivity contribution < 1.29 is 4.74 Å². The highest BCUT2D eigenvalue weighted by Crippen LogP contribution is 2.19. The normalized spacial score (nSPS) is 14.0. The van der Waals surface area contributed by atoms with E-state index in [4.69, 9.17) is 10.00 Å². The van der Waals surface area contributed by atoms with Crippen LogP contribution in [-0.2, 0) is 4.74 Å². The van der Waals surface area contributed by atoms with Gasteiger partial charge >= 0.3 is 0 Å². The minimum Gasteiger partial charge on any atom is -0.378 e. The predicted octanol–water partition coefficient (Wildman–Crippen LogP) is 0.365. The van der Waals surface area contributed by atoms with Crippen molar-refractivity contribution in [2.45, 2.75) is 13.8 Å². The fraction of sp³-hybridized carbons (Fsp3) is 0.643. The quantitative estimate of drug-likeness (QED) is 0.418. The molecule has 1 saturated heterocycles. The highest BCUT2D eigenvalue weighted by molar-refractivity contribution is 5.49. The molecule has 0 spiro atoms. The lowest BCUT2D eigenvalue weighted by Gasteiger charge is -2.28. The Morgan fingerprint density at radius 1 is 1.09 bits per heavy atom. The molecule has 1 aromatic rings. The topological polar surface area (TPSA) is 105 Å².